The maximum atomic E-state index is 11.9. The molecule has 0 saturated carbocycles. The number of ether oxygens (including phenoxy) is 2. The molecule has 1 rings (SSSR count). The number of benzene rings is 1. The molecule has 0 aliphatic heterocycles. The largest absolute Gasteiger partial charge is 0.479 e. The molecule has 7 heteroatoms. The van der Waals surface area contributed by atoms with Gasteiger partial charge in [0.05, 0.1) is 5.02 Å². The molecule has 0 spiro atoms. The van der Waals surface area contributed by atoms with E-state index in [1.54, 1.807) is 26.2 Å². The van der Waals surface area contributed by atoms with Crippen molar-refractivity contribution < 1.29 is 14.3 Å². The predicted octanol–water partition coefficient (Wildman–Crippen LogP) is 2.37. The van der Waals surface area contributed by atoms with Crippen LogP contribution < -0.4 is 15.8 Å². The first-order chi connectivity index (χ1) is 9.99. The molecule has 1 aromatic carbocycles. The van der Waals surface area contributed by atoms with Crippen LogP contribution in [0.15, 0.2) is 12.1 Å². The molecule has 0 radical (unpaired) electrons. The van der Waals surface area contributed by atoms with Gasteiger partial charge >= 0.3 is 0 Å². The maximum Gasteiger partial charge on any atom is 0.260 e. The first-order valence-corrected chi connectivity index (χ1v) is 7.36. The Balaban J connectivity index is 2.65. The minimum atomic E-state index is -0.684. The summed E-state index contributed by atoms with van der Waals surface area (Å²) >= 11 is 12.0. The molecule has 0 saturated heterocycles. The summed E-state index contributed by atoms with van der Waals surface area (Å²) < 4.78 is 10.5. The van der Waals surface area contributed by atoms with E-state index in [0.29, 0.717) is 34.5 Å². The topological polar surface area (TPSA) is 73.6 Å². The highest BCUT2D eigenvalue weighted by molar-refractivity contribution is 6.35. The van der Waals surface area contributed by atoms with Crippen LogP contribution in [0.1, 0.15) is 18.9 Å². The second kappa shape index (κ2) is 9.10. The molecule has 0 heterocycles. The van der Waals surface area contributed by atoms with Crippen molar-refractivity contribution in [1.82, 2.24) is 5.32 Å². The monoisotopic (exact) mass is 334 g/mol. The SMILES string of the molecule is COCCCNC(=O)C(C)Oc1c(Cl)cc(Cl)cc1CN. The van der Waals surface area contributed by atoms with E-state index in [2.05, 4.69) is 5.32 Å². The van der Waals surface area contributed by atoms with E-state index in [4.69, 9.17) is 38.4 Å². The van der Waals surface area contributed by atoms with E-state index >= 15 is 0 Å². The lowest BCUT2D eigenvalue weighted by atomic mass is 10.2. The van der Waals surface area contributed by atoms with Gasteiger partial charge in [-0.2, -0.15) is 0 Å². The Labute approximate surface area is 134 Å². The zero-order valence-corrected chi connectivity index (χ0v) is 13.6. The molecule has 0 aliphatic rings. The number of halogens is 2. The van der Waals surface area contributed by atoms with Crippen molar-refractivity contribution >= 4 is 29.1 Å². The lowest BCUT2D eigenvalue weighted by Gasteiger charge is -2.18. The van der Waals surface area contributed by atoms with E-state index in [0.717, 1.165) is 6.42 Å². The van der Waals surface area contributed by atoms with Crippen LogP contribution in [0.3, 0.4) is 0 Å². The molecule has 0 fully saturated rings. The third-order valence-electron chi connectivity index (χ3n) is 2.79. The van der Waals surface area contributed by atoms with Crippen LogP contribution in [0.25, 0.3) is 0 Å². The number of rotatable bonds is 8. The normalized spacial score (nSPS) is 12.0. The van der Waals surface area contributed by atoms with Crippen LogP contribution in [-0.4, -0.2) is 32.3 Å². The minimum Gasteiger partial charge on any atom is -0.479 e. The van der Waals surface area contributed by atoms with Crippen molar-refractivity contribution in [2.24, 2.45) is 5.73 Å². The predicted molar refractivity (Wildman–Crippen MR) is 83.9 cm³/mol. The highest BCUT2D eigenvalue weighted by Gasteiger charge is 2.18. The lowest BCUT2D eigenvalue weighted by Crippen LogP contribution is -2.37. The standard InChI is InChI=1S/C14H20Cl2N2O3/c1-9(14(19)18-4-3-5-20-2)21-13-10(8-17)6-11(15)7-12(13)16/h6-7,9H,3-5,8,17H2,1-2H3,(H,18,19). The Morgan fingerprint density at radius 2 is 2.14 bits per heavy atom. The Morgan fingerprint density at radius 1 is 1.43 bits per heavy atom. The van der Waals surface area contributed by atoms with Gasteiger partial charge in [0.2, 0.25) is 0 Å². The number of carbonyl (C=O) groups excluding carboxylic acids is 1. The number of methoxy groups -OCH3 is 1. The average molecular weight is 335 g/mol. The Bertz CT molecular complexity index is 484. The fourth-order valence-corrected chi connectivity index (χ4v) is 2.28. The first kappa shape index (κ1) is 18.0. The van der Waals surface area contributed by atoms with Gasteiger partial charge in [0, 0.05) is 37.4 Å². The highest BCUT2D eigenvalue weighted by atomic mass is 35.5. The lowest BCUT2D eigenvalue weighted by molar-refractivity contribution is -0.127. The van der Waals surface area contributed by atoms with Crippen LogP contribution in [0.5, 0.6) is 5.75 Å². The number of hydrogen-bond donors (Lipinski definition) is 2. The van der Waals surface area contributed by atoms with Crippen LogP contribution in [0.2, 0.25) is 10.0 Å². The van der Waals surface area contributed by atoms with Gasteiger partial charge in [0.1, 0.15) is 5.75 Å². The minimum absolute atomic E-state index is 0.220. The van der Waals surface area contributed by atoms with Crippen LogP contribution in [-0.2, 0) is 16.1 Å². The Kier molecular flexibility index (Phi) is 7.82. The highest BCUT2D eigenvalue weighted by Crippen LogP contribution is 2.32. The Morgan fingerprint density at radius 3 is 2.76 bits per heavy atom. The fraction of sp³-hybridized carbons (Fsp3) is 0.500. The quantitative estimate of drug-likeness (QED) is 0.716. The number of amides is 1. The smallest absolute Gasteiger partial charge is 0.260 e. The van der Waals surface area contributed by atoms with E-state index in [-0.39, 0.29) is 12.5 Å². The maximum absolute atomic E-state index is 11.9. The molecule has 118 valence electrons. The molecule has 1 atom stereocenters. The molecule has 21 heavy (non-hydrogen) atoms. The summed E-state index contributed by atoms with van der Waals surface area (Å²) in [7, 11) is 1.62. The van der Waals surface area contributed by atoms with Crippen LogP contribution in [0.4, 0.5) is 0 Å². The average Bonchev–Trinajstić information content (AvgIpc) is 2.45. The van der Waals surface area contributed by atoms with Gasteiger partial charge in [-0.05, 0) is 25.5 Å². The van der Waals surface area contributed by atoms with Crippen molar-refractivity contribution in [3.8, 4) is 5.75 Å². The summed E-state index contributed by atoms with van der Waals surface area (Å²) in [5.41, 5.74) is 6.30. The van der Waals surface area contributed by atoms with Crippen LogP contribution in [0, 0.1) is 0 Å². The second-order valence-electron chi connectivity index (χ2n) is 4.48. The zero-order chi connectivity index (χ0) is 15.8. The fourth-order valence-electron chi connectivity index (χ4n) is 1.70. The summed E-state index contributed by atoms with van der Waals surface area (Å²) in [4.78, 5) is 11.9. The summed E-state index contributed by atoms with van der Waals surface area (Å²) in [6, 6.07) is 3.23. The molecule has 1 unspecified atom stereocenters. The number of nitrogens with one attached hydrogen (secondary N) is 1. The molecular weight excluding hydrogens is 315 g/mol. The van der Waals surface area contributed by atoms with Crippen molar-refractivity contribution in [2.45, 2.75) is 26.0 Å². The molecule has 3 N–H and O–H groups in total. The zero-order valence-electron chi connectivity index (χ0n) is 12.1. The third kappa shape index (κ3) is 5.71. The van der Waals surface area contributed by atoms with Crippen molar-refractivity contribution in [1.29, 1.82) is 0 Å². The van der Waals surface area contributed by atoms with Gasteiger partial charge in [-0.1, -0.05) is 23.2 Å². The second-order valence-corrected chi connectivity index (χ2v) is 5.32. The molecular formula is C14H20Cl2N2O3. The van der Waals surface area contributed by atoms with Gasteiger partial charge in [-0.15, -0.1) is 0 Å². The molecule has 0 aliphatic carbocycles. The number of carbonyl (C=O) groups is 1. The van der Waals surface area contributed by atoms with E-state index < -0.39 is 6.10 Å². The number of nitrogens with two attached hydrogens (primary N) is 1. The van der Waals surface area contributed by atoms with Gasteiger partial charge < -0.3 is 20.5 Å². The summed E-state index contributed by atoms with van der Waals surface area (Å²) in [5.74, 6) is 0.170. The first-order valence-electron chi connectivity index (χ1n) is 6.60. The molecule has 0 aromatic heterocycles. The van der Waals surface area contributed by atoms with E-state index in [1.165, 1.54) is 0 Å². The van der Waals surface area contributed by atoms with E-state index in [9.17, 15) is 4.79 Å². The Hall–Kier alpha value is -1.01. The van der Waals surface area contributed by atoms with Crippen molar-refractivity contribution in [3.63, 3.8) is 0 Å². The summed E-state index contributed by atoms with van der Waals surface area (Å²) in [6.07, 6.45) is 0.0570. The van der Waals surface area contributed by atoms with Crippen LogP contribution >= 0.6 is 23.2 Å². The van der Waals surface area contributed by atoms with Crippen molar-refractivity contribution in [2.75, 3.05) is 20.3 Å². The molecule has 1 amide bonds. The van der Waals surface area contributed by atoms with Gasteiger partial charge in [0.25, 0.3) is 5.91 Å². The summed E-state index contributed by atoms with van der Waals surface area (Å²) in [5, 5.41) is 3.57. The third-order valence-corrected chi connectivity index (χ3v) is 3.29. The molecule has 5 nitrogen and oxygen atoms in total. The molecule has 0 bridgehead atoms. The molecule has 1 aromatic rings. The van der Waals surface area contributed by atoms with Gasteiger partial charge in [0.15, 0.2) is 6.10 Å². The van der Waals surface area contributed by atoms with E-state index in [1.807, 2.05) is 0 Å². The van der Waals surface area contributed by atoms with Gasteiger partial charge in [-0.3, -0.25) is 4.79 Å². The van der Waals surface area contributed by atoms with Crippen molar-refractivity contribution in [3.05, 3.63) is 27.7 Å². The summed E-state index contributed by atoms with van der Waals surface area (Å²) in [6.45, 7) is 2.99. The van der Waals surface area contributed by atoms with Gasteiger partial charge in [-0.25, -0.2) is 0 Å². The number of hydrogen-bond acceptors (Lipinski definition) is 4.